The van der Waals surface area contributed by atoms with Crippen LogP contribution < -0.4 is 14.8 Å². The molecular formula is C27H27NO7. The van der Waals surface area contributed by atoms with Crippen LogP contribution in [-0.2, 0) is 27.3 Å². The number of methoxy groups -OCH3 is 2. The van der Waals surface area contributed by atoms with E-state index in [0.717, 1.165) is 11.1 Å². The molecule has 0 aliphatic heterocycles. The largest absolute Gasteiger partial charge is 0.497 e. The lowest BCUT2D eigenvalue weighted by molar-refractivity contribution is -0.144. The van der Waals surface area contributed by atoms with E-state index in [1.165, 1.54) is 20.3 Å². The molecule has 3 rings (SSSR count). The van der Waals surface area contributed by atoms with E-state index >= 15 is 0 Å². The Balaban J connectivity index is 1.64. The van der Waals surface area contributed by atoms with Crippen molar-refractivity contribution in [2.75, 3.05) is 20.8 Å². The lowest BCUT2D eigenvalue weighted by atomic mass is 10.1. The summed E-state index contributed by atoms with van der Waals surface area (Å²) < 4.78 is 20.9. The number of amides is 1. The van der Waals surface area contributed by atoms with Crippen molar-refractivity contribution in [3.63, 3.8) is 0 Å². The fourth-order valence-corrected chi connectivity index (χ4v) is 3.29. The smallest absolute Gasteiger partial charge is 0.408 e. The monoisotopic (exact) mass is 477 g/mol. The summed E-state index contributed by atoms with van der Waals surface area (Å²) >= 11 is 0. The number of ketones is 1. The number of carbonyl (C=O) groups excluding carboxylic acids is 3. The second kappa shape index (κ2) is 12.8. The van der Waals surface area contributed by atoms with Crippen molar-refractivity contribution in [2.45, 2.75) is 19.1 Å². The topological polar surface area (TPSA) is 100 Å². The highest BCUT2D eigenvalue weighted by atomic mass is 16.6. The summed E-state index contributed by atoms with van der Waals surface area (Å²) in [5, 5.41) is 2.55. The standard InChI is InChI=1S/C27H27NO7/c1-32-21-13-14-22(25(16-21)33-2)24(29)18-34-26(30)23(15-19-9-5-3-6-10-19)28-27(31)35-17-20-11-7-4-8-12-20/h3-14,16,23H,15,17-18H2,1-2H3,(H,28,31)/t23-/m0/s1. The fraction of sp³-hybridized carbons (Fsp3) is 0.222. The molecule has 0 unspecified atom stereocenters. The van der Waals surface area contributed by atoms with E-state index in [-0.39, 0.29) is 18.6 Å². The Labute approximate surface area is 203 Å². The Morgan fingerprint density at radius 3 is 2.09 bits per heavy atom. The van der Waals surface area contributed by atoms with Crippen LogP contribution in [-0.4, -0.2) is 44.7 Å². The van der Waals surface area contributed by atoms with Crippen LogP contribution in [0.3, 0.4) is 0 Å². The van der Waals surface area contributed by atoms with Gasteiger partial charge in [-0.3, -0.25) is 4.79 Å². The molecule has 182 valence electrons. The maximum Gasteiger partial charge on any atom is 0.408 e. The van der Waals surface area contributed by atoms with Crippen molar-refractivity contribution in [3.8, 4) is 11.5 Å². The average Bonchev–Trinajstić information content (AvgIpc) is 2.90. The van der Waals surface area contributed by atoms with E-state index in [1.807, 2.05) is 60.7 Å². The molecule has 0 fully saturated rings. The molecule has 1 atom stereocenters. The number of ether oxygens (including phenoxy) is 4. The SMILES string of the molecule is COc1ccc(C(=O)COC(=O)[C@H](Cc2ccccc2)NC(=O)OCc2ccccc2)c(OC)c1. The van der Waals surface area contributed by atoms with Gasteiger partial charge in [0.1, 0.15) is 24.1 Å². The summed E-state index contributed by atoms with van der Waals surface area (Å²) in [4.78, 5) is 37.9. The first kappa shape index (κ1) is 25.3. The Kier molecular flexibility index (Phi) is 9.24. The molecule has 0 saturated carbocycles. The van der Waals surface area contributed by atoms with Crippen LogP contribution >= 0.6 is 0 Å². The predicted octanol–water partition coefficient (Wildman–Crippen LogP) is 3.97. The highest BCUT2D eigenvalue weighted by Gasteiger charge is 2.25. The van der Waals surface area contributed by atoms with Gasteiger partial charge in [-0.15, -0.1) is 0 Å². The van der Waals surface area contributed by atoms with Crippen molar-refractivity contribution in [3.05, 3.63) is 95.6 Å². The maximum atomic E-state index is 12.9. The van der Waals surface area contributed by atoms with Gasteiger partial charge >= 0.3 is 12.1 Å². The lowest BCUT2D eigenvalue weighted by Crippen LogP contribution is -2.44. The van der Waals surface area contributed by atoms with E-state index in [1.54, 1.807) is 12.1 Å². The Bertz CT molecular complexity index is 1130. The van der Waals surface area contributed by atoms with Crippen molar-refractivity contribution in [2.24, 2.45) is 0 Å². The summed E-state index contributed by atoms with van der Waals surface area (Å²) in [6, 6.07) is 22.0. The van der Waals surface area contributed by atoms with E-state index < -0.39 is 30.5 Å². The van der Waals surface area contributed by atoms with Crippen LogP contribution in [0.15, 0.2) is 78.9 Å². The number of esters is 1. The molecule has 0 saturated heterocycles. The van der Waals surface area contributed by atoms with Crippen LogP contribution in [0, 0.1) is 0 Å². The molecular weight excluding hydrogens is 450 g/mol. The average molecular weight is 478 g/mol. The number of hydrogen-bond acceptors (Lipinski definition) is 7. The number of benzene rings is 3. The van der Waals surface area contributed by atoms with Gasteiger partial charge in [0.15, 0.2) is 6.61 Å². The normalized spacial score (nSPS) is 11.1. The predicted molar refractivity (Wildman–Crippen MR) is 129 cm³/mol. The molecule has 1 N–H and O–H groups in total. The molecule has 0 radical (unpaired) electrons. The van der Waals surface area contributed by atoms with E-state index in [4.69, 9.17) is 18.9 Å². The van der Waals surface area contributed by atoms with Crippen molar-refractivity contribution in [1.82, 2.24) is 5.32 Å². The van der Waals surface area contributed by atoms with E-state index in [0.29, 0.717) is 11.5 Å². The zero-order valence-corrected chi connectivity index (χ0v) is 19.6. The maximum absolute atomic E-state index is 12.9. The molecule has 0 bridgehead atoms. The summed E-state index contributed by atoms with van der Waals surface area (Å²) in [6.07, 6.45) is -0.602. The Morgan fingerprint density at radius 2 is 1.46 bits per heavy atom. The molecule has 8 heteroatoms. The highest BCUT2D eigenvalue weighted by molar-refractivity contribution is 6.00. The molecule has 0 heterocycles. The van der Waals surface area contributed by atoms with Gasteiger partial charge in [-0.1, -0.05) is 60.7 Å². The molecule has 35 heavy (non-hydrogen) atoms. The van der Waals surface area contributed by atoms with Gasteiger partial charge in [-0.05, 0) is 23.3 Å². The Hall–Kier alpha value is -4.33. The van der Waals surface area contributed by atoms with Crippen LogP contribution in [0.4, 0.5) is 4.79 Å². The van der Waals surface area contributed by atoms with Gasteiger partial charge in [-0.25, -0.2) is 9.59 Å². The number of hydrogen-bond donors (Lipinski definition) is 1. The highest BCUT2D eigenvalue weighted by Crippen LogP contribution is 2.25. The first-order valence-electron chi connectivity index (χ1n) is 10.9. The van der Waals surface area contributed by atoms with E-state index in [9.17, 15) is 14.4 Å². The minimum Gasteiger partial charge on any atom is -0.497 e. The van der Waals surface area contributed by atoms with Gasteiger partial charge < -0.3 is 24.3 Å². The third-order valence-corrected chi connectivity index (χ3v) is 5.13. The van der Waals surface area contributed by atoms with Crippen LogP contribution in [0.1, 0.15) is 21.5 Å². The first-order chi connectivity index (χ1) is 17.0. The van der Waals surface area contributed by atoms with Crippen LogP contribution in [0.2, 0.25) is 0 Å². The second-order valence-electron chi connectivity index (χ2n) is 7.55. The number of carbonyl (C=O) groups is 3. The van der Waals surface area contributed by atoms with Crippen LogP contribution in [0.25, 0.3) is 0 Å². The number of alkyl carbamates (subject to hydrolysis) is 1. The summed E-state index contributed by atoms with van der Waals surface area (Å²) in [6.45, 7) is -0.469. The van der Waals surface area contributed by atoms with E-state index in [2.05, 4.69) is 5.32 Å². The number of nitrogens with one attached hydrogen (secondary N) is 1. The molecule has 1 amide bonds. The minimum absolute atomic E-state index is 0.0511. The fourth-order valence-electron chi connectivity index (χ4n) is 3.29. The van der Waals surface area contributed by atoms with Crippen molar-refractivity contribution < 1.29 is 33.3 Å². The lowest BCUT2D eigenvalue weighted by Gasteiger charge is -2.18. The van der Waals surface area contributed by atoms with Crippen molar-refractivity contribution in [1.29, 1.82) is 0 Å². The Morgan fingerprint density at radius 1 is 0.800 bits per heavy atom. The minimum atomic E-state index is -1.05. The van der Waals surface area contributed by atoms with Crippen molar-refractivity contribution >= 4 is 17.8 Å². The van der Waals surface area contributed by atoms with Gasteiger partial charge in [-0.2, -0.15) is 0 Å². The first-order valence-corrected chi connectivity index (χ1v) is 10.9. The van der Waals surface area contributed by atoms with Gasteiger partial charge in [0.25, 0.3) is 0 Å². The molecule has 0 spiro atoms. The molecule has 3 aromatic rings. The number of Topliss-reactive ketones (excluding diaryl/α,β-unsaturated/α-hetero) is 1. The van der Waals surface area contributed by atoms with Gasteiger partial charge in [0, 0.05) is 12.5 Å². The summed E-state index contributed by atoms with van der Waals surface area (Å²) in [5.74, 6) is -0.389. The van der Waals surface area contributed by atoms with Gasteiger partial charge in [0.05, 0.1) is 19.8 Å². The zero-order valence-electron chi connectivity index (χ0n) is 19.6. The molecule has 8 nitrogen and oxygen atoms in total. The summed E-state index contributed by atoms with van der Waals surface area (Å²) in [5.41, 5.74) is 1.86. The van der Waals surface area contributed by atoms with Gasteiger partial charge in [0.2, 0.25) is 5.78 Å². The number of rotatable bonds is 11. The molecule has 0 aliphatic carbocycles. The molecule has 0 aliphatic rings. The van der Waals surface area contributed by atoms with Crippen LogP contribution in [0.5, 0.6) is 11.5 Å². The zero-order chi connectivity index (χ0) is 25.0. The molecule has 0 aromatic heterocycles. The second-order valence-corrected chi connectivity index (χ2v) is 7.55. The third kappa shape index (κ3) is 7.60. The third-order valence-electron chi connectivity index (χ3n) is 5.13. The molecule has 3 aromatic carbocycles. The summed E-state index contributed by atoms with van der Waals surface area (Å²) in [7, 11) is 2.93. The quantitative estimate of drug-likeness (QED) is 0.329.